The molecule has 2 aromatic carbocycles. The average molecular weight is 593 g/mol. The summed E-state index contributed by atoms with van der Waals surface area (Å²) in [7, 11) is 0. The van der Waals surface area contributed by atoms with Crippen LogP contribution in [0.1, 0.15) is 132 Å². The number of ketones is 4. The van der Waals surface area contributed by atoms with Crippen LogP contribution in [0.2, 0.25) is 0 Å². The number of rotatable bonds is 18. The number of ether oxygens (including phenoxy) is 1. The van der Waals surface area contributed by atoms with Crippen molar-refractivity contribution in [3.05, 3.63) is 57.6 Å². The normalized spacial score (nSPS) is 10.7. The molecule has 0 amide bonds. The molecule has 2 rings (SSSR count). The highest BCUT2D eigenvalue weighted by Gasteiger charge is 2.31. The van der Waals surface area contributed by atoms with Crippen LogP contribution in [-0.2, 0) is 14.3 Å². The second kappa shape index (κ2) is 17.1. The second-order valence-electron chi connectivity index (χ2n) is 10.7. The molecule has 0 aliphatic rings. The van der Waals surface area contributed by atoms with Crippen LogP contribution < -0.4 is 10.6 Å². The van der Waals surface area contributed by atoms with Crippen LogP contribution in [0.3, 0.4) is 0 Å². The third-order valence-electron chi connectivity index (χ3n) is 7.02. The molecule has 0 saturated heterocycles. The van der Waals surface area contributed by atoms with Crippen LogP contribution in [-0.4, -0.2) is 48.2 Å². The zero-order valence-corrected chi connectivity index (χ0v) is 26.2. The number of aryl methyl sites for hydroxylation is 2. The van der Waals surface area contributed by atoms with E-state index < -0.39 is 23.5 Å². The monoisotopic (exact) mass is 592 g/mol. The van der Waals surface area contributed by atoms with E-state index in [9.17, 15) is 28.8 Å². The SMILES string of the molecule is CCCCNc1cc(C)c(C(=O)CCC)cc1C(=O)C(=O)OC(=O)C(=O)c1cc(C(=O)CCC)c(C)cc1NCCCC. The topological polar surface area (TPSA) is 136 Å². The third kappa shape index (κ3) is 9.43. The van der Waals surface area contributed by atoms with Crippen molar-refractivity contribution in [3.63, 3.8) is 0 Å². The molecule has 2 N–H and O–H groups in total. The Morgan fingerprint density at radius 3 is 1.26 bits per heavy atom. The Labute approximate surface area is 254 Å². The zero-order valence-electron chi connectivity index (χ0n) is 26.2. The fraction of sp³-hybridized carbons (Fsp3) is 0.471. The minimum Gasteiger partial charge on any atom is -0.384 e. The number of esters is 2. The summed E-state index contributed by atoms with van der Waals surface area (Å²) < 4.78 is 4.80. The van der Waals surface area contributed by atoms with Crippen LogP contribution in [0, 0.1) is 13.8 Å². The standard InChI is InChI=1S/C34H44N2O7/c1-7-11-15-35-27-17-21(5)23(29(37)13-9-3)19-25(27)31(39)33(41)43-34(42)32(40)26-20-24(30(38)14-10-4)22(6)18-28(26)36-16-12-8-2/h17-20,35-36H,7-16H2,1-6H3. The smallest absolute Gasteiger partial charge is 0.384 e. The van der Waals surface area contributed by atoms with Crippen molar-refractivity contribution in [1.29, 1.82) is 0 Å². The lowest BCUT2D eigenvalue weighted by molar-refractivity contribution is -0.152. The Hall–Kier alpha value is -4.14. The van der Waals surface area contributed by atoms with E-state index in [4.69, 9.17) is 4.74 Å². The van der Waals surface area contributed by atoms with Gasteiger partial charge in [-0.1, -0.05) is 40.5 Å². The van der Waals surface area contributed by atoms with Gasteiger partial charge in [0.2, 0.25) is 0 Å². The maximum Gasteiger partial charge on any atom is 0.387 e. The van der Waals surface area contributed by atoms with Crippen molar-refractivity contribution in [2.24, 2.45) is 0 Å². The second-order valence-corrected chi connectivity index (χ2v) is 10.7. The molecule has 0 aliphatic carbocycles. The molecule has 9 heteroatoms. The molecular formula is C34H44N2O7. The van der Waals surface area contributed by atoms with Gasteiger partial charge in [0.15, 0.2) is 11.6 Å². The predicted molar refractivity (Wildman–Crippen MR) is 167 cm³/mol. The van der Waals surface area contributed by atoms with Crippen molar-refractivity contribution in [2.75, 3.05) is 23.7 Å². The van der Waals surface area contributed by atoms with E-state index in [1.54, 1.807) is 26.0 Å². The molecule has 0 saturated carbocycles. The van der Waals surface area contributed by atoms with E-state index in [1.807, 2.05) is 27.7 Å². The van der Waals surface area contributed by atoms with Crippen molar-refractivity contribution >= 4 is 46.4 Å². The number of carbonyl (C=O) groups is 6. The van der Waals surface area contributed by atoms with Gasteiger partial charge in [-0.25, -0.2) is 9.59 Å². The Bertz CT molecular complexity index is 1270. The number of benzene rings is 2. The number of hydrogen-bond acceptors (Lipinski definition) is 9. The maximum absolute atomic E-state index is 13.3. The Morgan fingerprint density at radius 1 is 0.558 bits per heavy atom. The number of nitrogens with one attached hydrogen (secondary N) is 2. The highest BCUT2D eigenvalue weighted by atomic mass is 16.6. The number of carbonyl (C=O) groups excluding carboxylic acids is 6. The molecule has 43 heavy (non-hydrogen) atoms. The quantitative estimate of drug-likeness (QED) is 0.0627. The lowest BCUT2D eigenvalue weighted by Gasteiger charge is -2.15. The fourth-order valence-electron chi connectivity index (χ4n) is 4.60. The number of hydrogen-bond donors (Lipinski definition) is 2. The Morgan fingerprint density at radius 2 is 0.930 bits per heavy atom. The first-order chi connectivity index (χ1) is 20.5. The summed E-state index contributed by atoms with van der Waals surface area (Å²) in [6, 6.07) is 5.94. The minimum atomic E-state index is -1.54. The molecule has 0 heterocycles. The lowest BCUT2D eigenvalue weighted by Crippen LogP contribution is -2.28. The summed E-state index contributed by atoms with van der Waals surface area (Å²) in [5.74, 6) is -5.74. The summed E-state index contributed by atoms with van der Waals surface area (Å²) >= 11 is 0. The molecule has 9 nitrogen and oxygen atoms in total. The maximum atomic E-state index is 13.3. The number of anilines is 2. The van der Waals surface area contributed by atoms with Crippen molar-refractivity contribution in [1.82, 2.24) is 0 Å². The Balaban J connectivity index is 2.42. The molecule has 0 aromatic heterocycles. The summed E-state index contributed by atoms with van der Waals surface area (Å²) in [4.78, 5) is 77.9. The van der Waals surface area contributed by atoms with Gasteiger partial charge in [0.1, 0.15) is 0 Å². The molecule has 0 fully saturated rings. The van der Waals surface area contributed by atoms with E-state index in [0.717, 1.165) is 25.7 Å². The molecule has 232 valence electrons. The average Bonchev–Trinajstić information content (AvgIpc) is 2.97. The van der Waals surface area contributed by atoms with E-state index in [-0.39, 0.29) is 35.5 Å². The van der Waals surface area contributed by atoms with Gasteiger partial charge in [-0.2, -0.15) is 0 Å². The minimum absolute atomic E-state index is 0.115. The molecule has 2 aromatic rings. The van der Waals surface area contributed by atoms with E-state index >= 15 is 0 Å². The summed E-state index contributed by atoms with van der Waals surface area (Å²) in [5, 5.41) is 6.25. The molecule has 0 aliphatic heterocycles. The van der Waals surface area contributed by atoms with Crippen molar-refractivity contribution < 1.29 is 33.5 Å². The van der Waals surface area contributed by atoms with Gasteiger partial charge in [0.25, 0.3) is 11.6 Å². The van der Waals surface area contributed by atoms with Crippen molar-refractivity contribution in [3.8, 4) is 0 Å². The van der Waals surface area contributed by atoms with Gasteiger partial charge in [-0.05, 0) is 74.9 Å². The van der Waals surface area contributed by atoms with Crippen LogP contribution >= 0.6 is 0 Å². The molecule has 0 radical (unpaired) electrons. The van der Waals surface area contributed by atoms with Gasteiger partial charge >= 0.3 is 11.9 Å². The van der Waals surface area contributed by atoms with Crippen LogP contribution in [0.15, 0.2) is 24.3 Å². The predicted octanol–water partition coefficient (Wildman–Crippen LogP) is 6.83. The summed E-state index contributed by atoms with van der Waals surface area (Å²) in [6.45, 7) is 12.3. The summed E-state index contributed by atoms with van der Waals surface area (Å²) in [6.07, 6.45) is 5.13. The van der Waals surface area contributed by atoms with Gasteiger partial charge in [0.05, 0.1) is 11.1 Å². The number of unbranched alkanes of at least 4 members (excludes halogenated alkanes) is 2. The van der Waals surface area contributed by atoms with E-state index in [0.29, 0.717) is 59.6 Å². The zero-order chi connectivity index (χ0) is 32.1. The molecular weight excluding hydrogens is 548 g/mol. The highest BCUT2D eigenvalue weighted by molar-refractivity contribution is 6.49. The van der Waals surface area contributed by atoms with Gasteiger partial charge in [-0.3, -0.25) is 19.2 Å². The van der Waals surface area contributed by atoms with Gasteiger partial charge in [-0.15, -0.1) is 0 Å². The van der Waals surface area contributed by atoms with Crippen LogP contribution in [0.5, 0.6) is 0 Å². The first kappa shape index (κ1) is 35.1. The van der Waals surface area contributed by atoms with E-state index in [2.05, 4.69) is 10.6 Å². The third-order valence-corrected chi connectivity index (χ3v) is 7.02. The van der Waals surface area contributed by atoms with Crippen LogP contribution in [0.25, 0.3) is 0 Å². The highest BCUT2D eigenvalue weighted by Crippen LogP contribution is 2.26. The molecule has 0 unspecified atom stereocenters. The first-order valence-electron chi connectivity index (χ1n) is 15.2. The largest absolute Gasteiger partial charge is 0.387 e. The summed E-state index contributed by atoms with van der Waals surface area (Å²) in [5.41, 5.74) is 2.32. The number of Topliss-reactive ketones (excluding diaryl/α,β-unsaturated/α-hetero) is 4. The van der Waals surface area contributed by atoms with Crippen molar-refractivity contribution in [2.45, 2.75) is 92.9 Å². The fourth-order valence-corrected chi connectivity index (χ4v) is 4.60. The van der Waals surface area contributed by atoms with E-state index in [1.165, 1.54) is 12.1 Å². The van der Waals surface area contributed by atoms with Gasteiger partial charge in [0, 0.05) is 48.4 Å². The Kier molecular flexibility index (Phi) is 13.9. The lowest BCUT2D eigenvalue weighted by atomic mass is 9.95. The van der Waals surface area contributed by atoms with Crippen LogP contribution in [0.4, 0.5) is 11.4 Å². The van der Waals surface area contributed by atoms with Gasteiger partial charge < -0.3 is 15.4 Å². The molecule has 0 bridgehead atoms. The molecule has 0 spiro atoms. The first-order valence-corrected chi connectivity index (χ1v) is 15.2. The molecule has 0 atom stereocenters.